The van der Waals surface area contributed by atoms with Crippen molar-refractivity contribution in [2.24, 2.45) is 0 Å². The highest BCUT2D eigenvalue weighted by atomic mass is 32.2. The largest absolute Gasteiger partial charge is 0.491 e. The number of carbonyl (C=O) groups is 1. The van der Waals surface area contributed by atoms with Crippen molar-refractivity contribution >= 4 is 15.9 Å². The Morgan fingerprint density at radius 1 is 1.12 bits per heavy atom. The highest BCUT2D eigenvalue weighted by molar-refractivity contribution is 7.89. The van der Waals surface area contributed by atoms with Crippen LogP contribution in [0.1, 0.15) is 17.3 Å². The molecule has 2 aromatic carbocycles. The average Bonchev–Trinajstić information content (AvgIpc) is 2.61. The SMILES string of the molecule is CNS(=O)(=O)c1cccc(C(=O)NC(C)COc2ccccc2)c1. The molecule has 7 heteroatoms. The summed E-state index contributed by atoms with van der Waals surface area (Å²) in [6.07, 6.45) is 0. The van der Waals surface area contributed by atoms with E-state index in [-0.39, 0.29) is 22.4 Å². The number of amides is 1. The van der Waals surface area contributed by atoms with Crippen molar-refractivity contribution in [2.75, 3.05) is 13.7 Å². The molecule has 0 radical (unpaired) electrons. The predicted molar refractivity (Wildman–Crippen MR) is 91.6 cm³/mol. The van der Waals surface area contributed by atoms with E-state index >= 15 is 0 Å². The molecule has 2 rings (SSSR count). The van der Waals surface area contributed by atoms with Crippen molar-refractivity contribution in [3.8, 4) is 5.75 Å². The summed E-state index contributed by atoms with van der Waals surface area (Å²) in [5, 5.41) is 2.78. The maximum absolute atomic E-state index is 12.3. The Balaban J connectivity index is 1.98. The van der Waals surface area contributed by atoms with E-state index in [1.54, 1.807) is 6.07 Å². The Labute approximate surface area is 141 Å². The summed E-state index contributed by atoms with van der Waals surface area (Å²) < 4.78 is 31.4. The first kappa shape index (κ1) is 18.0. The highest BCUT2D eigenvalue weighted by Gasteiger charge is 2.15. The molecule has 24 heavy (non-hydrogen) atoms. The third kappa shape index (κ3) is 4.81. The number of sulfonamides is 1. The number of ether oxygens (including phenoxy) is 1. The quantitative estimate of drug-likeness (QED) is 0.799. The molecule has 0 aromatic heterocycles. The number of rotatable bonds is 7. The second-order valence-electron chi connectivity index (χ2n) is 5.23. The maximum atomic E-state index is 12.3. The minimum Gasteiger partial charge on any atom is -0.491 e. The van der Waals surface area contributed by atoms with Crippen molar-refractivity contribution in [1.82, 2.24) is 10.0 Å². The van der Waals surface area contributed by atoms with E-state index in [0.717, 1.165) is 5.75 Å². The van der Waals surface area contributed by atoms with E-state index in [1.807, 2.05) is 37.3 Å². The van der Waals surface area contributed by atoms with E-state index in [2.05, 4.69) is 10.0 Å². The summed E-state index contributed by atoms with van der Waals surface area (Å²) in [4.78, 5) is 12.3. The molecule has 0 spiro atoms. The zero-order chi connectivity index (χ0) is 17.6. The Hall–Kier alpha value is -2.38. The van der Waals surface area contributed by atoms with Gasteiger partial charge >= 0.3 is 0 Å². The lowest BCUT2D eigenvalue weighted by atomic mass is 10.2. The normalized spacial score (nSPS) is 12.4. The van der Waals surface area contributed by atoms with Crippen LogP contribution in [0.5, 0.6) is 5.75 Å². The second kappa shape index (κ2) is 7.94. The summed E-state index contributed by atoms with van der Waals surface area (Å²) >= 11 is 0. The van der Waals surface area contributed by atoms with Crippen LogP contribution in [-0.2, 0) is 10.0 Å². The zero-order valence-corrected chi connectivity index (χ0v) is 14.3. The fraction of sp³-hybridized carbons (Fsp3) is 0.235. The average molecular weight is 348 g/mol. The second-order valence-corrected chi connectivity index (χ2v) is 7.12. The van der Waals surface area contributed by atoms with E-state index in [4.69, 9.17) is 4.74 Å². The Morgan fingerprint density at radius 2 is 1.83 bits per heavy atom. The molecule has 0 aliphatic carbocycles. The zero-order valence-electron chi connectivity index (χ0n) is 13.5. The van der Waals surface area contributed by atoms with Crippen LogP contribution in [0.25, 0.3) is 0 Å². The van der Waals surface area contributed by atoms with Gasteiger partial charge in [0.1, 0.15) is 12.4 Å². The molecule has 1 unspecified atom stereocenters. The van der Waals surface area contributed by atoms with Gasteiger partial charge in [-0.05, 0) is 44.3 Å². The van der Waals surface area contributed by atoms with Gasteiger partial charge in [-0.3, -0.25) is 4.79 Å². The molecule has 128 valence electrons. The lowest BCUT2D eigenvalue weighted by molar-refractivity contribution is 0.0926. The lowest BCUT2D eigenvalue weighted by Gasteiger charge is -2.15. The molecule has 0 saturated heterocycles. The summed E-state index contributed by atoms with van der Waals surface area (Å²) in [6, 6.07) is 14.9. The van der Waals surface area contributed by atoms with Crippen molar-refractivity contribution in [1.29, 1.82) is 0 Å². The van der Waals surface area contributed by atoms with Crippen LogP contribution < -0.4 is 14.8 Å². The fourth-order valence-corrected chi connectivity index (χ4v) is 2.78. The number of nitrogens with one attached hydrogen (secondary N) is 2. The summed E-state index contributed by atoms with van der Waals surface area (Å²) in [7, 11) is -2.26. The molecule has 2 N–H and O–H groups in total. The third-order valence-electron chi connectivity index (χ3n) is 3.30. The van der Waals surface area contributed by atoms with Crippen molar-refractivity contribution in [3.63, 3.8) is 0 Å². The molecule has 0 heterocycles. The van der Waals surface area contributed by atoms with Gasteiger partial charge in [-0.15, -0.1) is 0 Å². The van der Waals surface area contributed by atoms with Crippen LogP contribution in [0.15, 0.2) is 59.5 Å². The van der Waals surface area contributed by atoms with Gasteiger partial charge in [-0.1, -0.05) is 24.3 Å². The van der Waals surface area contributed by atoms with Gasteiger partial charge in [0, 0.05) is 5.56 Å². The van der Waals surface area contributed by atoms with Gasteiger partial charge < -0.3 is 10.1 Å². The van der Waals surface area contributed by atoms with E-state index in [0.29, 0.717) is 6.61 Å². The molecular formula is C17H20N2O4S. The van der Waals surface area contributed by atoms with Crippen LogP contribution in [0.2, 0.25) is 0 Å². The summed E-state index contributed by atoms with van der Waals surface area (Å²) in [5.74, 6) is 0.369. The Kier molecular flexibility index (Phi) is 5.94. The van der Waals surface area contributed by atoms with Crippen LogP contribution >= 0.6 is 0 Å². The molecule has 0 fully saturated rings. The predicted octanol–water partition coefficient (Wildman–Crippen LogP) is 1.79. The van der Waals surface area contributed by atoms with Crippen LogP contribution in [0, 0.1) is 0 Å². The molecule has 6 nitrogen and oxygen atoms in total. The first-order valence-electron chi connectivity index (χ1n) is 7.44. The topological polar surface area (TPSA) is 84.5 Å². The highest BCUT2D eigenvalue weighted by Crippen LogP contribution is 2.12. The van der Waals surface area contributed by atoms with E-state index in [1.165, 1.54) is 25.2 Å². The van der Waals surface area contributed by atoms with Crippen LogP contribution in [0.4, 0.5) is 0 Å². The Bertz CT molecular complexity index is 791. The number of benzene rings is 2. The van der Waals surface area contributed by atoms with Gasteiger partial charge in [0.05, 0.1) is 10.9 Å². The molecular weight excluding hydrogens is 328 g/mol. The molecule has 0 saturated carbocycles. The summed E-state index contributed by atoms with van der Waals surface area (Å²) in [6.45, 7) is 2.12. The first-order chi connectivity index (χ1) is 11.4. The smallest absolute Gasteiger partial charge is 0.251 e. The maximum Gasteiger partial charge on any atom is 0.251 e. The van der Waals surface area contributed by atoms with Crippen LogP contribution in [0.3, 0.4) is 0 Å². The minimum absolute atomic E-state index is 0.0471. The number of hydrogen-bond acceptors (Lipinski definition) is 4. The van der Waals surface area contributed by atoms with Crippen molar-refractivity contribution in [3.05, 3.63) is 60.2 Å². The molecule has 1 amide bonds. The monoisotopic (exact) mass is 348 g/mol. The van der Waals surface area contributed by atoms with Crippen LogP contribution in [-0.4, -0.2) is 34.0 Å². The Morgan fingerprint density at radius 3 is 2.50 bits per heavy atom. The molecule has 0 aliphatic rings. The van der Waals surface area contributed by atoms with Crippen molar-refractivity contribution in [2.45, 2.75) is 17.9 Å². The number of carbonyl (C=O) groups excluding carboxylic acids is 1. The molecule has 1 atom stereocenters. The van der Waals surface area contributed by atoms with Gasteiger partial charge in [0.2, 0.25) is 10.0 Å². The third-order valence-corrected chi connectivity index (χ3v) is 4.71. The standard InChI is InChI=1S/C17H20N2O4S/c1-13(12-23-15-8-4-3-5-9-15)19-17(20)14-7-6-10-16(11-14)24(21,22)18-2/h3-11,13,18H,12H2,1-2H3,(H,19,20). The summed E-state index contributed by atoms with van der Waals surface area (Å²) in [5.41, 5.74) is 0.276. The van der Waals surface area contributed by atoms with E-state index < -0.39 is 10.0 Å². The van der Waals surface area contributed by atoms with Gasteiger partial charge in [-0.2, -0.15) is 0 Å². The molecule has 0 aliphatic heterocycles. The van der Waals surface area contributed by atoms with Gasteiger partial charge in [0.25, 0.3) is 5.91 Å². The van der Waals surface area contributed by atoms with Crippen molar-refractivity contribution < 1.29 is 17.9 Å². The first-order valence-corrected chi connectivity index (χ1v) is 8.93. The minimum atomic E-state index is -3.58. The molecule has 2 aromatic rings. The number of hydrogen-bond donors (Lipinski definition) is 2. The fourth-order valence-electron chi connectivity index (χ4n) is 2.01. The number of para-hydroxylation sites is 1. The van der Waals surface area contributed by atoms with Gasteiger partial charge in [-0.25, -0.2) is 13.1 Å². The van der Waals surface area contributed by atoms with E-state index in [9.17, 15) is 13.2 Å². The molecule has 0 bridgehead atoms. The lowest BCUT2D eigenvalue weighted by Crippen LogP contribution is -2.36. The van der Waals surface area contributed by atoms with Gasteiger partial charge in [0.15, 0.2) is 0 Å².